The first-order chi connectivity index (χ1) is 12.1. The van der Waals surface area contributed by atoms with E-state index in [1.807, 2.05) is 61.5 Å². The van der Waals surface area contributed by atoms with Crippen LogP contribution in [0.15, 0.2) is 63.4 Å². The number of halogens is 1. The second-order valence-electron chi connectivity index (χ2n) is 5.12. The molecule has 0 aliphatic carbocycles. The molecular formula is C17H15BrN4OS2. The van der Waals surface area contributed by atoms with Crippen LogP contribution in [-0.2, 0) is 4.79 Å². The van der Waals surface area contributed by atoms with Crippen LogP contribution in [0.3, 0.4) is 0 Å². The molecule has 25 heavy (non-hydrogen) atoms. The molecule has 3 rings (SSSR count). The number of carbonyl (C=O) groups is 1. The van der Waals surface area contributed by atoms with Crippen LogP contribution < -0.4 is 10.6 Å². The lowest BCUT2D eigenvalue weighted by atomic mass is 10.3. The van der Waals surface area contributed by atoms with Gasteiger partial charge in [-0.15, -0.1) is 10.2 Å². The third-order valence-corrected chi connectivity index (χ3v) is 5.69. The fourth-order valence-electron chi connectivity index (χ4n) is 1.97. The van der Waals surface area contributed by atoms with Crippen molar-refractivity contribution in [2.24, 2.45) is 0 Å². The maximum Gasteiger partial charge on any atom is 0.237 e. The molecular weight excluding hydrogens is 420 g/mol. The zero-order valence-corrected chi connectivity index (χ0v) is 16.5. The van der Waals surface area contributed by atoms with Crippen LogP contribution in [0.4, 0.5) is 16.5 Å². The minimum Gasteiger partial charge on any atom is -0.330 e. The van der Waals surface area contributed by atoms with E-state index in [0.29, 0.717) is 5.13 Å². The summed E-state index contributed by atoms with van der Waals surface area (Å²) in [5.41, 5.74) is 1.71. The molecule has 1 aromatic heterocycles. The van der Waals surface area contributed by atoms with Gasteiger partial charge < -0.3 is 10.6 Å². The fourth-order valence-corrected chi connectivity index (χ4v) is 4.28. The van der Waals surface area contributed by atoms with Crippen molar-refractivity contribution in [1.82, 2.24) is 10.2 Å². The van der Waals surface area contributed by atoms with E-state index in [9.17, 15) is 4.79 Å². The van der Waals surface area contributed by atoms with E-state index >= 15 is 0 Å². The molecule has 3 aromatic rings. The standard InChI is InChI=1S/C17H15BrN4OS2/c1-11(15(23)19-13-7-3-2-4-8-13)24-17-22-21-16(25-17)20-14-9-5-6-12(18)10-14/h2-11H,1H3,(H,19,23)(H,20,21). The average molecular weight is 435 g/mol. The van der Waals surface area contributed by atoms with Crippen LogP contribution in [0.2, 0.25) is 0 Å². The zero-order chi connectivity index (χ0) is 17.6. The minimum absolute atomic E-state index is 0.0621. The smallest absolute Gasteiger partial charge is 0.237 e. The molecule has 8 heteroatoms. The van der Waals surface area contributed by atoms with Gasteiger partial charge in [0.1, 0.15) is 0 Å². The highest BCUT2D eigenvalue weighted by molar-refractivity contribution is 9.10. The number of aromatic nitrogens is 2. The Bertz CT molecular complexity index is 857. The molecule has 5 nitrogen and oxygen atoms in total. The van der Waals surface area contributed by atoms with Crippen LogP contribution in [0, 0.1) is 0 Å². The predicted molar refractivity (Wildman–Crippen MR) is 108 cm³/mol. The molecule has 0 aliphatic rings. The number of anilines is 3. The Morgan fingerprint density at radius 3 is 2.64 bits per heavy atom. The highest BCUT2D eigenvalue weighted by atomic mass is 79.9. The van der Waals surface area contributed by atoms with Gasteiger partial charge in [-0.05, 0) is 37.3 Å². The molecule has 0 aliphatic heterocycles. The molecule has 2 aromatic carbocycles. The lowest BCUT2D eigenvalue weighted by Gasteiger charge is -2.09. The zero-order valence-electron chi connectivity index (χ0n) is 13.3. The average Bonchev–Trinajstić information content (AvgIpc) is 3.02. The number of nitrogens with zero attached hydrogens (tertiary/aromatic N) is 2. The van der Waals surface area contributed by atoms with Crippen molar-refractivity contribution in [3.05, 3.63) is 59.1 Å². The first-order valence-electron chi connectivity index (χ1n) is 7.49. The second kappa shape index (κ2) is 8.46. The van der Waals surface area contributed by atoms with Crippen LogP contribution in [0.5, 0.6) is 0 Å². The topological polar surface area (TPSA) is 66.9 Å². The third-order valence-electron chi connectivity index (χ3n) is 3.17. The largest absolute Gasteiger partial charge is 0.330 e. The Kier molecular flexibility index (Phi) is 6.06. The molecule has 1 unspecified atom stereocenters. The number of carbonyl (C=O) groups excluding carboxylic acids is 1. The third kappa shape index (κ3) is 5.29. The number of para-hydroxylation sites is 1. The maximum absolute atomic E-state index is 12.3. The van der Waals surface area contributed by atoms with E-state index in [-0.39, 0.29) is 11.2 Å². The number of amides is 1. The van der Waals surface area contributed by atoms with Gasteiger partial charge in [-0.25, -0.2) is 0 Å². The number of hydrogen-bond donors (Lipinski definition) is 2. The second-order valence-corrected chi connectivity index (χ2v) is 8.60. The van der Waals surface area contributed by atoms with Gasteiger partial charge in [-0.1, -0.05) is 63.3 Å². The molecule has 0 radical (unpaired) electrons. The highest BCUT2D eigenvalue weighted by Gasteiger charge is 2.17. The van der Waals surface area contributed by atoms with Gasteiger partial charge in [0.2, 0.25) is 11.0 Å². The van der Waals surface area contributed by atoms with Gasteiger partial charge in [0.05, 0.1) is 5.25 Å². The van der Waals surface area contributed by atoms with Gasteiger partial charge in [-0.2, -0.15) is 0 Å². The van der Waals surface area contributed by atoms with Crippen molar-refractivity contribution in [2.45, 2.75) is 16.5 Å². The number of hydrogen-bond acceptors (Lipinski definition) is 6. The number of nitrogens with one attached hydrogen (secondary N) is 2. The molecule has 1 heterocycles. The lowest BCUT2D eigenvalue weighted by Crippen LogP contribution is -2.22. The van der Waals surface area contributed by atoms with Crippen molar-refractivity contribution in [3.63, 3.8) is 0 Å². The van der Waals surface area contributed by atoms with Crippen molar-refractivity contribution in [2.75, 3.05) is 10.6 Å². The summed E-state index contributed by atoms with van der Waals surface area (Å²) in [6, 6.07) is 17.2. The SMILES string of the molecule is CC(Sc1nnc(Nc2cccc(Br)c2)s1)C(=O)Nc1ccccc1. The van der Waals surface area contributed by atoms with E-state index in [2.05, 4.69) is 36.8 Å². The van der Waals surface area contributed by atoms with Gasteiger partial charge in [0.25, 0.3) is 0 Å². The Morgan fingerprint density at radius 1 is 1.12 bits per heavy atom. The van der Waals surface area contributed by atoms with E-state index in [0.717, 1.165) is 20.2 Å². The molecule has 0 saturated heterocycles. The predicted octanol–water partition coefficient (Wildman–Crippen LogP) is 5.16. The highest BCUT2D eigenvalue weighted by Crippen LogP contribution is 2.31. The number of benzene rings is 2. The number of thioether (sulfide) groups is 1. The van der Waals surface area contributed by atoms with Gasteiger partial charge in [0, 0.05) is 15.8 Å². The Morgan fingerprint density at radius 2 is 1.88 bits per heavy atom. The van der Waals surface area contributed by atoms with Gasteiger partial charge in [0.15, 0.2) is 4.34 Å². The summed E-state index contributed by atoms with van der Waals surface area (Å²) >= 11 is 6.24. The molecule has 0 fully saturated rings. The molecule has 0 spiro atoms. The number of rotatable bonds is 6. The molecule has 1 atom stereocenters. The summed E-state index contributed by atoms with van der Waals surface area (Å²) in [5.74, 6) is -0.0621. The van der Waals surface area contributed by atoms with Crippen LogP contribution in [-0.4, -0.2) is 21.4 Å². The monoisotopic (exact) mass is 434 g/mol. The van der Waals surface area contributed by atoms with E-state index in [4.69, 9.17) is 0 Å². The molecule has 1 amide bonds. The summed E-state index contributed by atoms with van der Waals surface area (Å²) in [6.07, 6.45) is 0. The van der Waals surface area contributed by atoms with Crippen molar-refractivity contribution < 1.29 is 4.79 Å². The Labute approximate surface area is 162 Å². The van der Waals surface area contributed by atoms with E-state index in [1.54, 1.807) is 0 Å². The Hall–Kier alpha value is -1.90. The fraction of sp³-hybridized carbons (Fsp3) is 0.118. The molecule has 2 N–H and O–H groups in total. The molecule has 128 valence electrons. The van der Waals surface area contributed by atoms with Crippen LogP contribution >= 0.6 is 39.0 Å². The first kappa shape index (κ1) is 17.9. The summed E-state index contributed by atoms with van der Waals surface area (Å²) in [6.45, 7) is 1.85. The van der Waals surface area contributed by atoms with Crippen LogP contribution in [0.1, 0.15) is 6.92 Å². The van der Waals surface area contributed by atoms with Crippen molar-refractivity contribution in [1.29, 1.82) is 0 Å². The van der Waals surface area contributed by atoms with E-state index < -0.39 is 0 Å². The molecule has 0 saturated carbocycles. The van der Waals surface area contributed by atoms with Crippen molar-refractivity contribution >= 4 is 61.4 Å². The van der Waals surface area contributed by atoms with Crippen LogP contribution in [0.25, 0.3) is 0 Å². The minimum atomic E-state index is -0.271. The summed E-state index contributed by atoms with van der Waals surface area (Å²) in [4.78, 5) is 12.3. The van der Waals surface area contributed by atoms with Gasteiger partial charge >= 0.3 is 0 Å². The Balaban J connectivity index is 1.58. The molecule has 0 bridgehead atoms. The van der Waals surface area contributed by atoms with Crippen molar-refractivity contribution in [3.8, 4) is 0 Å². The summed E-state index contributed by atoms with van der Waals surface area (Å²) in [5, 5.41) is 14.8. The van der Waals surface area contributed by atoms with Gasteiger partial charge in [-0.3, -0.25) is 4.79 Å². The lowest BCUT2D eigenvalue weighted by molar-refractivity contribution is -0.115. The normalized spacial score (nSPS) is 11.8. The summed E-state index contributed by atoms with van der Waals surface area (Å²) in [7, 11) is 0. The first-order valence-corrected chi connectivity index (χ1v) is 9.98. The maximum atomic E-state index is 12.3. The quantitative estimate of drug-likeness (QED) is 0.524. The summed E-state index contributed by atoms with van der Waals surface area (Å²) < 4.78 is 1.73. The van der Waals surface area contributed by atoms with E-state index in [1.165, 1.54) is 23.1 Å².